The van der Waals surface area contributed by atoms with Crippen LogP contribution < -0.4 is 10.4 Å². The van der Waals surface area contributed by atoms with Crippen molar-refractivity contribution in [3.05, 3.63) is 53.3 Å². The zero-order valence-electron chi connectivity index (χ0n) is 19.8. The molecule has 4 rings (SSSR count). The van der Waals surface area contributed by atoms with Crippen molar-refractivity contribution >= 4 is 29.4 Å². The number of carbonyl (C=O) groups excluding carboxylic acids is 2. The molecule has 1 unspecified atom stereocenters. The third-order valence-electron chi connectivity index (χ3n) is 7.01. The number of carboxylic acid groups (broad SMARTS) is 1. The molecule has 0 spiro atoms. The highest BCUT2D eigenvalue weighted by Gasteiger charge is 2.48. The van der Waals surface area contributed by atoms with Gasteiger partial charge in [0.1, 0.15) is 11.8 Å². The van der Waals surface area contributed by atoms with Gasteiger partial charge >= 0.3 is 12.3 Å². The average molecular weight is 531 g/mol. The van der Waals surface area contributed by atoms with Gasteiger partial charge in [-0.15, -0.1) is 0 Å². The molecule has 36 heavy (non-hydrogen) atoms. The number of hydrogen-bond donors (Lipinski definition) is 1. The Morgan fingerprint density at radius 3 is 2.19 bits per heavy atom. The summed E-state index contributed by atoms with van der Waals surface area (Å²) in [6, 6.07) is 13.2. The number of rotatable bonds is 4. The maximum absolute atomic E-state index is 14.5. The summed E-state index contributed by atoms with van der Waals surface area (Å²) in [5.74, 6) is -3.10. The number of halogens is 5. The Kier molecular flexibility index (Phi) is 8.51. The number of para-hydroxylation sites is 1. The van der Waals surface area contributed by atoms with Crippen molar-refractivity contribution in [3.8, 4) is 11.1 Å². The van der Waals surface area contributed by atoms with Crippen molar-refractivity contribution in [1.29, 1.82) is 0 Å². The number of amides is 1. The molecule has 2 aromatic rings. The Morgan fingerprint density at radius 2 is 1.61 bits per heavy atom. The molecule has 0 radical (unpaired) electrons. The van der Waals surface area contributed by atoms with Crippen molar-refractivity contribution in [2.24, 2.45) is 5.92 Å². The number of benzene rings is 2. The molecule has 0 aromatic heterocycles. The van der Waals surface area contributed by atoms with E-state index >= 15 is 0 Å². The number of piperidine rings is 1. The normalized spacial score (nSPS) is 22.2. The lowest BCUT2D eigenvalue weighted by atomic mass is 9.90. The number of nitrogens with one attached hydrogen (secondary N) is 1. The Morgan fingerprint density at radius 1 is 1.06 bits per heavy atom. The second-order valence-corrected chi connectivity index (χ2v) is 9.91. The predicted octanol–water partition coefficient (Wildman–Crippen LogP) is 5.01. The van der Waals surface area contributed by atoms with E-state index in [1.807, 2.05) is 0 Å². The van der Waals surface area contributed by atoms with Gasteiger partial charge in [0, 0.05) is 42.7 Å². The van der Waals surface area contributed by atoms with Gasteiger partial charge in [0.05, 0.1) is 43.5 Å². The highest BCUT2D eigenvalue weighted by molar-refractivity contribution is 6.31. The molecule has 0 aliphatic carbocycles. The SMILES string of the molecule is C[N+]1(C)[C@@H]2CC[C@H]1CC(COC(=O)Nc1ccccc1-c1cccc(Cl)c1F)C2.O=C([O-])C(F)(F)F. The minimum Gasteiger partial charge on any atom is -0.542 e. The number of aliphatic carboxylic acids is 1. The van der Waals surface area contributed by atoms with E-state index in [9.17, 15) is 22.4 Å². The minimum atomic E-state index is -5.19. The lowest BCUT2D eigenvalue weighted by molar-refractivity contribution is -0.931. The molecule has 2 fully saturated rings. The van der Waals surface area contributed by atoms with Gasteiger partial charge in [-0.25, -0.2) is 9.18 Å². The maximum Gasteiger partial charge on any atom is 0.430 e. The number of carbonyl (C=O) groups is 2. The first-order chi connectivity index (χ1) is 16.8. The summed E-state index contributed by atoms with van der Waals surface area (Å²) in [5.41, 5.74) is 1.41. The topological polar surface area (TPSA) is 78.5 Å². The molecule has 2 aliphatic heterocycles. The fraction of sp³-hybridized carbons (Fsp3) is 0.440. The quantitative estimate of drug-likeness (QED) is 0.445. The second-order valence-electron chi connectivity index (χ2n) is 9.51. The van der Waals surface area contributed by atoms with Gasteiger partial charge in [-0.2, -0.15) is 13.2 Å². The summed E-state index contributed by atoms with van der Waals surface area (Å²) in [7, 11) is 4.63. The molecule has 2 heterocycles. The number of nitrogens with zero attached hydrogens (tertiary/aromatic N) is 1. The van der Waals surface area contributed by atoms with E-state index in [-0.39, 0.29) is 5.02 Å². The average Bonchev–Trinajstić information content (AvgIpc) is 2.96. The molecule has 3 atom stereocenters. The lowest BCUT2D eigenvalue weighted by Crippen LogP contribution is -2.55. The summed E-state index contributed by atoms with van der Waals surface area (Å²) >= 11 is 5.92. The van der Waals surface area contributed by atoms with E-state index in [1.54, 1.807) is 36.4 Å². The molecular weight excluding hydrogens is 504 g/mol. The number of hydrogen-bond acceptors (Lipinski definition) is 4. The van der Waals surface area contributed by atoms with Crippen molar-refractivity contribution in [2.45, 2.75) is 43.9 Å². The fourth-order valence-corrected chi connectivity index (χ4v) is 5.18. The van der Waals surface area contributed by atoms with Crippen LogP contribution in [-0.2, 0) is 9.53 Å². The molecule has 2 aromatic carbocycles. The first kappa shape index (κ1) is 27.7. The second kappa shape index (κ2) is 11.0. The van der Waals surface area contributed by atoms with Crippen molar-refractivity contribution in [1.82, 2.24) is 0 Å². The third-order valence-corrected chi connectivity index (χ3v) is 7.31. The number of quaternary nitrogens is 1. The number of fused-ring (bicyclic) bond motifs is 2. The molecule has 2 aliphatic rings. The smallest absolute Gasteiger partial charge is 0.430 e. The van der Waals surface area contributed by atoms with Crippen LogP contribution in [0.2, 0.25) is 5.02 Å². The summed E-state index contributed by atoms with van der Waals surface area (Å²) in [6.07, 6.45) is -0.980. The van der Waals surface area contributed by atoms with Crippen LogP contribution in [0.4, 0.5) is 28.0 Å². The van der Waals surface area contributed by atoms with Gasteiger partial charge in [0.25, 0.3) is 0 Å². The highest BCUT2D eigenvalue weighted by atomic mass is 35.5. The van der Waals surface area contributed by atoms with Gasteiger partial charge in [-0.1, -0.05) is 41.9 Å². The van der Waals surface area contributed by atoms with E-state index in [2.05, 4.69) is 19.4 Å². The van der Waals surface area contributed by atoms with Crippen molar-refractivity contribution < 1.29 is 41.5 Å². The van der Waals surface area contributed by atoms with Crippen LogP contribution in [0.15, 0.2) is 42.5 Å². The molecule has 0 saturated carbocycles. The number of anilines is 1. The van der Waals surface area contributed by atoms with E-state index in [0.29, 0.717) is 41.4 Å². The Hall–Kier alpha value is -2.85. The van der Waals surface area contributed by atoms with E-state index in [0.717, 1.165) is 17.3 Å². The van der Waals surface area contributed by atoms with Crippen molar-refractivity contribution in [3.63, 3.8) is 0 Å². The van der Waals surface area contributed by atoms with Crippen LogP contribution >= 0.6 is 11.6 Å². The molecule has 1 N–H and O–H groups in total. The van der Waals surface area contributed by atoms with Crippen LogP contribution in [0.1, 0.15) is 25.7 Å². The summed E-state index contributed by atoms with van der Waals surface area (Å²) in [5, 5.41) is 11.6. The van der Waals surface area contributed by atoms with Crippen LogP contribution in [0.3, 0.4) is 0 Å². The molecule has 11 heteroatoms. The van der Waals surface area contributed by atoms with Gasteiger partial charge in [-0.3, -0.25) is 5.32 Å². The first-order valence-electron chi connectivity index (χ1n) is 11.4. The minimum absolute atomic E-state index is 0.0492. The van der Waals surface area contributed by atoms with Gasteiger partial charge < -0.3 is 19.1 Å². The summed E-state index contributed by atoms with van der Waals surface area (Å²) < 4.78 is 52.7. The maximum atomic E-state index is 14.5. The molecular formula is C25H27ClF4N2O4. The van der Waals surface area contributed by atoms with Crippen LogP contribution in [-0.4, -0.2) is 55.5 Å². The molecule has 2 saturated heterocycles. The van der Waals surface area contributed by atoms with Gasteiger partial charge in [0.2, 0.25) is 0 Å². The summed E-state index contributed by atoms with van der Waals surface area (Å²) in [6.45, 7) is 0.423. The number of carboxylic acids is 1. The molecule has 6 nitrogen and oxygen atoms in total. The standard InChI is InChI=1S/C23H26ClFN2O2.C2HF3O2/c1-27(2)16-10-11-17(27)13-15(12-16)14-29-23(28)26-21-9-4-3-6-18(21)19-7-5-8-20(24)22(19)25;3-2(4,5)1(6)7/h3-9,15-17H,10-14H2,1-2H3;(H,6,7)/t15?,16-,17+;. The van der Waals surface area contributed by atoms with E-state index in [1.165, 1.54) is 18.9 Å². The highest BCUT2D eigenvalue weighted by Crippen LogP contribution is 2.42. The Labute approximate surface area is 211 Å². The van der Waals surface area contributed by atoms with Gasteiger partial charge in [-0.05, 0) is 12.1 Å². The Bertz CT molecular complexity index is 1090. The first-order valence-corrected chi connectivity index (χ1v) is 11.8. The van der Waals surface area contributed by atoms with E-state index in [4.69, 9.17) is 26.2 Å². The zero-order valence-corrected chi connectivity index (χ0v) is 20.5. The van der Waals surface area contributed by atoms with Crippen LogP contribution in [0, 0.1) is 11.7 Å². The number of ether oxygens (including phenoxy) is 1. The predicted molar refractivity (Wildman–Crippen MR) is 125 cm³/mol. The van der Waals surface area contributed by atoms with E-state index < -0.39 is 24.1 Å². The van der Waals surface area contributed by atoms with Crippen LogP contribution in [0.25, 0.3) is 11.1 Å². The summed E-state index contributed by atoms with van der Waals surface area (Å²) in [4.78, 5) is 21.2. The number of alkyl halides is 3. The van der Waals surface area contributed by atoms with Crippen LogP contribution in [0.5, 0.6) is 0 Å². The monoisotopic (exact) mass is 530 g/mol. The van der Waals surface area contributed by atoms with Gasteiger partial charge in [0.15, 0.2) is 0 Å². The molecule has 2 bridgehead atoms. The van der Waals surface area contributed by atoms with Crippen molar-refractivity contribution in [2.75, 3.05) is 26.0 Å². The third kappa shape index (κ3) is 6.47. The Balaban J connectivity index is 0.000000454. The lowest BCUT2D eigenvalue weighted by Gasteiger charge is -2.44. The molecule has 196 valence electrons. The molecule has 1 amide bonds. The largest absolute Gasteiger partial charge is 0.542 e. The fourth-order valence-electron chi connectivity index (χ4n) is 5.01. The zero-order chi connectivity index (χ0) is 26.7.